The number of nitrogens with zero attached hydrogens (tertiary/aromatic N) is 1. The third-order valence-corrected chi connectivity index (χ3v) is 6.08. The average molecular weight is 419 g/mol. The van der Waals surface area contributed by atoms with E-state index in [1.54, 1.807) is 24.1 Å². The van der Waals surface area contributed by atoms with E-state index >= 15 is 0 Å². The fourth-order valence-corrected chi connectivity index (χ4v) is 4.19. The van der Waals surface area contributed by atoms with Crippen molar-refractivity contribution < 1.29 is 17.9 Å². The van der Waals surface area contributed by atoms with Crippen molar-refractivity contribution in [1.29, 1.82) is 0 Å². The number of hydrogen-bond acceptors (Lipinski definition) is 4. The lowest BCUT2D eigenvalue weighted by Gasteiger charge is -2.26. The molecule has 0 saturated carbocycles. The maximum Gasteiger partial charge on any atom is 0.241 e. The van der Waals surface area contributed by atoms with Gasteiger partial charge in [0.25, 0.3) is 0 Å². The van der Waals surface area contributed by atoms with E-state index in [0.29, 0.717) is 18.7 Å². The average Bonchev–Trinajstić information content (AvgIpc) is 2.68. The number of aryl methyl sites for hydroxylation is 1. The molecule has 29 heavy (non-hydrogen) atoms. The zero-order valence-corrected chi connectivity index (χ0v) is 18.5. The van der Waals surface area contributed by atoms with Crippen molar-refractivity contribution in [3.63, 3.8) is 0 Å². The molecular weight excluding hydrogens is 388 g/mol. The highest BCUT2D eigenvalue weighted by Crippen LogP contribution is 2.18. The van der Waals surface area contributed by atoms with Crippen LogP contribution >= 0.6 is 0 Å². The first-order valence-electron chi connectivity index (χ1n) is 9.59. The zero-order chi connectivity index (χ0) is 21.6. The van der Waals surface area contributed by atoms with Gasteiger partial charge in [0.05, 0.1) is 12.0 Å². The first-order valence-corrected chi connectivity index (χ1v) is 11.1. The standard InChI is InChI=1S/C22H30N2O4S/c1-16(2)14-21(22(25)24(4)15-18-8-6-17(3)7-9-18)23-29(26,27)20-12-10-19(28-5)11-13-20/h6-13,16,21,23H,14-15H2,1-5H3. The molecular formula is C22H30N2O4S. The number of hydrogen-bond donors (Lipinski definition) is 1. The summed E-state index contributed by atoms with van der Waals surface area (Å²) in [5, 5.41) is 0. The minimum Gasteiger partial charge on any atom is -0.497 e. The number of nitrogens with one attached hydrogen (secondary N) is 1. The molecule has 0 aliphatic carbocycles. The van der Waals surface area contributed by atoms with Crippen LogP contribution in [0.4, 0.5) is 0 Å². The maximum atomic E-state index is 13.0. The van der Waals surface area contributed by atoms with Crippen LogP contribution in [0, 0.1) is 12.8 Å². The summed E-state index contributed by atoms with van der Waals surface area (Å²) < 4.78 is 33.3. The Balaban J connectivity index is 2.17. The van der Waals surface area contributed by atoms with Gasteiger partial charge in [0, 0.05) is 13.6 Å². The summed E-state index contributed by atoms with van der Waals surface area (Å²) in [5.41, 5.74) is 2.14. The van der Waals surface area contributed by atoms with Gasteiger partial charge in [0.1, 0.15) is 11.8 Å². The SMILES string of the molecule is COc1ccc(S(=O)(=O)NC(CC(C)C)C(=O)N(C)Cc2ccc(C)cc2)cc1. The quantitative estimate of drug-likeness (QED) is 0.678. The molecule has 0 aliphatic heterocycles. The van der Waals surface area contributed by atoms with Crippen LogP contribution in [-0.4, -0.2) is 39.4 Å². The molecule has 1 unspecified atom stereocenters. The topological polar surface area (TPSA) is 75.7 Å². The summed E-state index contributed by atoms with van der Waals surface area (Å²) in [7, 11) is -0.632. The van der Waals surface area contributed by atoms with Gasteiger partial charge in [-0.2, -0.15) is 4.72 Å². The predicted octanol–water partition coefficient (Wildman–Crippen LogP) is 3.36. The highest BCUT2D eigenvalue weighted by Gasteiger charge is 2.28. The fraction of sp³-hybridized carbons (Fsp3) is 0.409. The Kier molecular flexibility index (Phi) is 7.81. The van der Waals surface area contributed by atoms with E-state index in [1.165, 1.54) is 19.2 Å². The molecule has 0 aliphatic rings. The lowest BCUT2D eigenvalue weighted by atomic mass is 10.0. The van der Waals surface area contributed by atoms with Gasteiger partial charge in [-0.1, -0.05) is 43.7 Å². The highest BCUT2D eigenvalue weighted by molar-refractivity contribution is 7.89. The van der Waals surface area contributed by atoms with Crippen LogP contribution in [0.1, 0.15) is 31.4 Å². The van der Waals surface area contributed by atoms with Crippen LogP contribution < -0.4 is 9.46 Å². The second-order valence-corrected chi connectivity index (χ2v) is 9.37. The molecule has 7 heteroatoms. The van der Waals surface area contributed by atoms with Crippen molar-refractivity contribution in [2.75, 3.05) is 14.2 Å². The number of ether oxygens (including phenoxy) is 1. The lowest BCUT2D eigenvalue weighted by Crippen LogP contribution is -2.47. The van der Waals surface area contributed by atoms with E-state index in [0.717, 1.165) is 11.1 Å². The third kappa shape index (κ3) is 6.58. The molecule has 0 fully saturated rings. The molecule has 0 bridgehead atoms. The summed E-state index contributed by atoms with van der Waals surface area (Å²) in [6, 6.07) is 13.2. The summed E-state index contributed by atoms with van der Waals surface area (Å²) in [6.45, 7) is 6.34. The number of rotatable bonds is 9. The molecule has 0 aromatic heterocycles. The Morgan fingerprint density at radius 2 is 1.66 bits per heavy atom. The van der Waals surface area contributed by atoms with Crippen LogP contribution in [0.25, 0.3) is 0 Å². The third-order valence-electron chi connectivity index (χ3n) is 4.59. The molecule has 2 aromatic carbocycles. The maximum absolute atomic E-state index is 13.0. The first-order chi connectivity index (χ1) is 13.6. The van der Waals surface area contributed by atoms with E-state index in [2.05, 4.69) is 4.72 Å². The summed E-state index contributed by atoms with van der Waals surface area (Å²) >= 11 is 0. The summed E-state index contributed by atoms with van der Waals surface area (Å²) in [5.74, 6) is 0.461. The van der Waals surface area contributed by atoms with Gasteiger partial charge in [-0.05, 0) is 49.1 Å². The van der Waals surface area contributed by atoms with Crippen molar-refractivity contribution in [3.05, 3.63) is 59.7 Å². The minimum atomic E-state index is -3.84. The minimum absolute atomic E-state index is 0.0982. The number of likely N-dealkylation sites (N-methyl/N-ethyl adjacent to an activating group) is 1. The second-order valence-electron chi connectivity index (χ2n) is 7.66. The fourth-order valence-electron chi connectivity index (χ4n) is 2.99. The van der Waals surface area contributed by atoms with Gasteiger partial charge in [-0.15, -0.1) is 0 Å². The molecule has 1 N–H and O–H groups in total. The van der Waals surface area contributed by atoms with Crippen molar-refractivity contribution >= 4 is 15.9 Å². The van der Waals surface area contributed by atoms with Crippen LogP contribution in [0.15, 0.2) is 53.4 Å². The smallest absolute Gasteiger partial charge is 0.241 e. The summed E-state index contributed by atoms with van der Waals surface area (Å²) in [4.78, 5) is 14.7. The number of amides is 1. The van der Waals surface area contributed by atoms with E-state index < -0.39 is 16.1 Å². The van der Waals surface area contributed by atoms with E-state index in [9.17, 15) is 13.2 Å². The predicted molar refractivity (Wildman–Crippen MR) is 114 cm³/mol. The van der Waals surface area contributed by atoms with Crippen LogP contribution in [-0.2, 0) is 21.4 Å². The normalized spacial score (nSPS) is 12.6. The molecule has 6 nitrogen and oxygen atoms in total. The van der Waals surface area contributed by atoms with E-state index in [-0.39, 0.29) is 16.7 Å². The monoisotopic (exact) mass is 418 g/mol. The van der Waals surface area contributed by atoms with E-state index in [1.807, 2.05) is 45.0 Å². The Labute approximate surface area is 173 Å². The largest absolute Gasteiger partial charge is 0.497 e. The van der Waals surface area contributed by atoms with Crippen LogP contribution in [0.5, 0.6) is 5.75 Å². The van der Waals surface area contributed by atoms with Crippen molar-refractivity contribution in [2.45, 2.75) is 44.7 Å². The Morgan fingerprint density at radius 3 is 2.17 bits per heavy atom. The highest BCUT2D eigenvalue weighted by atomic mass is 32.2. The van der Waals surface area contributed by atoms with Gasteiger partial charge in [-0.3, -0.25) is 4.79 Å². The molecule has 2 aromatic rings. The molecule has 0 heterocycles. The number of sulfonamides is 1. The number of benzene rings is 2. The van der Waals surface area contributed by atoms with Gasteiger partial charge < -0.3 is 9.64 Å². The van der Waals surface area contributed by atoms with Gasteiger partial charge in [0.2, 0.25) is 15.9 Å². The molecule has 0 spiro atoms. The Bertz CT molecular complexity index is 907. The van der Waals surface area contributed by atoms with Gasteiger partial charge >= 0.3 is 0 Å². The first kappa shape index (κ1) is 22.9. The number of methoxy groups -OCH3 is 1. The lowest BCUT2D eigenvalue weighted by molar-refractivity contribution is -0.132. The summed E-state index contributed by atoms with van der Waals surface area (Å²) in [6.07, 6.45) is 0.409. The zero-order valence-electron chi connectivity index (χ0n) is 17.7. The number of carbonyl (C=O) groups is 1. The van der Waals surface area contributed by atoms with Crippen molar-refractivity contribution in [1.82, 2.24) is 9.62 Å². The molecule has 0 radical (unpaired) electrons. The van der Waals surface area contributed by atoms with Crippen molar-refractivity contribution in [2.24, 2.45) is 5.92 Å². The molecule has 0 saturated heterocycles. The molecule has 1 amide bonds. The Hall–Kier alpha value is -2.38. The Morgan fingerprint density at radius 1 is 1.07 bits per heavy atom. The van der Waals surface area contributed by atoms with Crippen LogP contribution in [0.2, 0.25) is 0 Å². The van der Waals surface area contributed by atoms with Crippen molar-refractivity contribution in [3.8, 4) is 5.75 Å². The van der Waals surface area contributed by atoms with E-state index in [4.69, 9.17) is 4.74 Å². The molecule has 1 atom stereocenters. The molecule has 158 valence electrons. The number of carbonyl (C=O) groups excluding carboxylic acids is 1. The van der Waals surface area contributed by atoms with Gasteiger partial charge in [-0.25, -0.2) is 8.42 Å². The van der Waals surface area contributed by atoms with Gasteiger partial charge in [0.15, 0.2) is 0 Å². The van der Waals surface area contributed by atoms with Crippen LogP contribution in [0.3, 0.4) is 0 Å². The second kappa shape index (κ2) is 9.89. The molecule has 2 rings (SSSR count).